The van der Waals surface area contributed by atoms with E-state index < -0.39 is 20.5 Å². The molecule has 1 aromatic carbocycles. The average molecular weight is 374 g/mol. The second kappa shape index (κ2) is 8.19. The summed E-state index contributed by atoms with van der Waals surface area (Å²) in [5, 5.41) is 8.78. The van der Waals surface area contributed by atoms with Gasteiger partial charge in [-0.05, 0) is 26.6 Å². The average Bonchev–Trinajstić information content (AvgIpc) is 2.79. The lowest BCUT2D eigenvalue weighted by molar-refractivity contribution is -0.788. The largest absolute Gasteiger partial charge is 0.542 e. The molecule has 0 amide bonds. The van der Waals surface area contributed by atoms with E-state index in [1.807, 2.05) is 10.9 Å². The maximum Gasteiger partial charge on any atom is 0.430 e. The second-order valence-electron chi connectivity index (χ2n) is 6.30. The van der Waals surface area contributed by atoms with Crippen molar-refractivity contribution in [2.45, 2.75) is 39.3 Å². The highest BCUT2D eigenvalue weighted by molar-refractivity contribution is 6.69. The van der Waals surface area contributed by atoms with Crippen LogP contribution in [0.5, 0.6) is 0 Å². The minimum Gasteiger partial charge on any atom is -0.542 e. The van der Waals surface area contributed by atoms with Crippen LogP contribution in [0.3, 0.4) is 0 Å². The van der Waals surface area contributed by atoms with Gasteiger partial charge in [0, 0.05) is 16.5 Å². The molecular weight excluding hydrogens is 353 g/mol. The molecule has 0 N–H and O–H groups in total. The number of benzene rings is 1. The van der Waals surface area contributed by atoms with Crippen LogP contribution in [0.2, 0.25) is 19.6 Å². The molecule has 1 aromatic heterocycles. The zero-order valence-corrected chi connectivity index (χ0v) is 15.5. The Hall–Kier alpha value is -2.29. The Morgan fingerprint density at radius 1 is 1.20 bits per heavy atom. The summed E-state index contributed by atoms with van der Waals surface area (Å²) >= 11 is 0. The SMILES string of the molecule is Cc1cc[n+](Cc2ccccc2)n1O[Si](C)(C)C.O=C([O-])C(F)(F)F. The van der Waals surface area contributed by atoms with Crippen LogP contribution in [-0.4, -0.2) is 25.3 Å². The lowest BCUT2D eigenvalue weighted by atomic mass is 10.2. The molecule has 0 atom stereocenters. The molecule has 0 aliphatic rings. The molecule has 0 bridgehead atoms. The summed E-state index contributed by atoms with van der Waals surface area (Å²) in [7, 11) is -1.60. The Morgan fingerprint density at radius 2 is 1.72 bits per heavy atom. The van der Waals surface area contributed by atoms with Crippen LogP contribution in [0.1, 0.15) is 11.3 Å². The smallest absolute Gasteiger partial charge is 0.430 e. The van der Waals surface area contributed by atoms with Crippen molar-refractivity contribution in [1.82, 2.24) is 4.85 Å². The number of nitrogens with zero attached hydrogens (tertiary/aromatic N) is 2. The monoisotopic (exact) mass is 374 g/mol. The molecule has 0 aliphatic heterocycles. The summed E-state index contributed by atoms with van der Waals surface area (Å²) < 4.78 is 39.8. The van der Waals surface area contributed by atoms with Crippen LogP contribution in [0.25, 0.3) is 0 Å². The lowest BCUT2D eigenvalue weighted by Gasteiger charge is -2.17. The highest BCUT2D eigenvalue weighted by Gasteiger charge is 2.28. The zero-order chi connectivity index (χ0) is 19.3. The van der Waals surface area contributed by atoms with Crippen molar-refractivity contribution in [3.05, 3.63) is 53.9 Å². The molecule has 1 heterocycles. The minimum absolute atomic E-state index is 0.833. The van der Waals surface area contributed by atoms with Gasteiger partial charge in [-0.1, -0.05) is 35.0 Å². The maximum atomic E-state index is 10.5. The third-order valence-electron chi connectivity index (χ3n) is 2.80. The van der Waals surface area contributed by atoms with E-state index in [2.05, 4.69) is 67.8 Å². The molecule has 0 saturated carbocycles. The molecular formula is C16H21F3N2O3Si. The van der Waals surface area contributed by atoms with Gasteiger partial charge in [-0.3, -0.25) is 0 Å². The van der Waals surface area contributed by atoms with E-state index in [4.69, 9.17) is 14.4 Å². The Bertz CT molecular complexity index is 695. The number of carbonyl (C=O) groups is 1. The molecule has 138 valence electrons. The van der Waals surface area contributed by atoms with Gasteiger partial charge in [0.15, 0.2) is 6.20 Å². The lowest BCUT2D eigenvalue weighted by Crippen LogP contribution is -2.52. The number of aryl methyl sites for hydroxylation is 1. The van der Waals surface area contributed by atoms with Gasteiger partial charge in [0.1, 0.15) is 11.7 Å². The summed E-state index contributed by atoms with van der Waals surface area (Å²) in [6.07, 6.45) is -3.12. The predicted octanol–water partition coefficient (Wildman–Crippen LogP) is 1.69. The van der Waals surface area contributed by atoms with Crippen LogP contribution in [-0.2, 0) is 11.3 Å². The number of hydrogen-bond donors (Lipinski definition) is 0. The summed E-state index contributed by atoms with van der Waals surface area (Å²) in [6, 6.07) is 12.5. The third-order valence-corrected chi connectivity index (χ3v) is 3.52. The van der Waals surface area contributed by atoms with Crippen LogP contribution >= 0.6 is 0 Å². The molecule has 5 nitrogen and oxygen atoms in total. The van der Waals surface area contributed by atoms with Crippen molar-refractivity contribution in [2.75, 3.05) is 0 Å². The number of hydrogen-bond acceptors (Lipinski definition) is 3. The van der Waals surface area contributed by atoms with E-state index in [1.165, 1.54) is 5.56 Å². The van der Waals surface area contributed by atoms with Crippen molar-refractivity contribution < 1.29 is 32.3 Å². The molecule has 2 rings (SSSR count). The van der Waals surface area contributed by atoms with E-state index in [0.29, 0.717) is 0 Å². The van der Waals surface area contributed by atoms with Crippen molar-refractivity contribution in [2.24, 2.45) is 0 Å². The quantitative estimate of drug-likeness (QED) is 0.605. The first-order valence-electron chi connectivity index (χ1n) is 7.50. The van der Waals surface area contributed by atoms with E-state index in [0.717, 1.165) is 12.2 Å². The second-order valence-corrected chi connectivity index (χ2v) is 10.7. The number of carbonyl (C=O) groups excluding carboxylic acids is 1. The molecule has 2 aromatic rings. The number of carboxylic acid groups (broad SMARTS) is 1. The van der Waals surface area contributed by atoms with Gasteiger partial charge in [0.2, 0.25) is 6.54 Å². The number of rotatable bonds is 4. The predicted molar refractivity (Wildman–Crippen MR) is 85.9 cm³/mol. The summed E-state index contributed by atoms with van der Waals surface area (Å²) in [5.74, 6) is -3.01. The first-order chi connectivity index (χ1) is 11.4. The molecule has 25 heavy (non-hydrogen) atoms. The van der Waals surface area contributed by atoms with Gasteiger partial charge in [0.05, 0.1) is 0 Å². The molecule has 0 spiro atoms. The van der Waals surface area contributed by atoms with Gasteiger partial charge >= 0.3 is 6.18 Å². The van der Waals surface area contributed by atoms with Crippen molar-refractivity contribution in [3.8, 4) is 0 Å². The van der Waals surface area contributed by atoms with Crippen LogP contribution < -0.4 is 14.3 Å². The van der Waals surface area contributed by atoms with E-state index in [-0.39, 0.29) is 0 Å². The summed E-state index contributed by atoms with van der Waals surface area (Å²) in [6.45, 7) is 9.48. The molecule has 9 heteroatoms. The number of halogens is 3. The number of aromatic nitrogens is 2. The normalized spacial score (nSPS) is 11.5. The van der Waals surface area contributed by atoms with Crippen molar-refractivity contribution in [3.63, 3.8) is 0 Å². The van der Waals surface area contributed by atoms with Gasteiger partial charge in [-0.15, -0.1) is 0 Å². The topological polar surface area (TPSA) is 58.2 Å². The van der Waals surface area contributed by atoms with Gasteiger partial charge in [-0.2, -0.15) is 13.2 Å². The van der Waals surface area contributed by atoms with Crippen LogP contribution in [0, 0.1) is 6.92 Å². The fraction of sp³-hybridized carbons (Fsp3) is 0.375. The van der Waals surface area contributed by atoms with Gasteiger partial charge < -0.3 is 14.4 Å². The fourth-order valence-electron chi connectivity index (χ4n) is 1.79. The fourth-order valence-corrected chi connectivity index (χ4v) is 2.56. The molecule has 0 unspecified atom stereocenters. The molecule has 0 fully saturated rings. The number of aliphatic carboxylic acids is 1. The minimum atomic E-state index is -5.19. The van der Waals surface area contributed by atoms with Crippen LogP contribution in [0.15, 0.2) is 42.6 Å². The number of carboxylic acids is 1. The Morgan fingerprint density at radius 3 is 2.16 bits per heavy atom. The highest BCUT2D eigenvalue weighted by atomic mass is 28.4. The van der Waals surface area contributed by atoms with E-state index in [1.54, 1.807) is 0 Å². The molecule has 0 aliphatic carbocycles. The van der Waals surface area contributed by atoms with Crippen molar-refractivity contribution >= 4 is 14.3 Å². The van der Waals surface area contributed by atoms with Crippen LogP contribution in [0.4, 0.5) is 13.2 Å². The highest BCUT2D eigenvalue weighted by Crippen LogP contribution is 2.11. The number of alkyl halides is 3. The standard InChI is InChI=1S/C14H21N2OSi.C2HF3O2/c1-13-10-11-15(16(13)17-18(2,3)4)12-14-8-6-5-7-9-14;3-2(4,5)1(6)7/h5-11H,12H2,1-4H3;(H,6,7)/q+1;/p-1. The third kappa shape index (κ3) is 7.42. The zero-order valence-electron chi connectivity index (χ0n) is 14.5. The first kappa shape index (κ1) is 20.8. The van der Waals surface area contributed by atoms with Crippen molar-refractivity contribution in [1.29, 1.82) is 0 Å². The molecule has 0 radical (unpaired) electrons. The Labute approximate surface area is 145 Å². The summed E-state index contributed by atoms with van der Waals surface area (Å²) in [5.41, 5.74) is 2.41. The Balaban J connectivity index is 0.000000381. The van der Waals surface area contributed by atoms with E-state index in [9.17, 15) is 13.2 Å². The van der Waals surface area contributed by atoms with E-state index >= 15 is 0 Å². The summed E-state index contributed by atoms with van der Waals surface area (Å²) in [4.78, 5) is 10.7. The van der Waals surface area contributed by atoms with Gasteiger partial charge in [0.25, 0.3) is 8.32 Å². The maximum absolute atomic E-state index is 10.5. The molecule has 0 saturated heterocycles. The first-order valence-corrected chi connectivity index (χ1v) is 10.9. The van der Waals surface area contributed by atoms with Gasteiger partial charge in [-0.25, -0.2) is 0 Å². The Kier molecular flexibility index (Phi) is 6.80.